The monoisotopic (exact) mass is 95.0 g/mol. The summed E-state index contributed by atoms with van der Waals surface area (Å²) in [7, 11) is 0. The molecule has 0 N–H and O–H groups in total. The number of hydrogen-bond acceptors (Lipinski definition) is 1. The number of carbonyl (C=O) groups is 1. The lowest BCUT2D eigenvalue weighted by molar-refractivity contribution is -0.119. The van der Waals surface area contributed by atoms with Crippen LogP contribution in [-0.4, -0.2) is 5.78 Å². The number of ketones is 1. The van der Waals surface area contributed by atoms with Crippen LogP contribution in [-0.2, 0) is 4.79 Å². The highest BCUT2D eigenvalue weighted by Gasteiger charge is 2.17. The minimum atomic E-state index is 0.169. The fraction of sp³-hybridized carbons (Fsp3) is 0.500. The van der Waals surface area contributed by atoms with Crippen LogP contribution in [0.15, 0.2) is 6.08 Å². The first-order valence-electron chi connectivity index (χ1n) is 2.48. The molecule has 0 aromatic heterocycles. The van der Waals surface area contributed by atoms with Gasteiger partial charge in [0.15, 0.2) is 5.78 Å². The van der Waals surface area contributed by atoms with E-state index in [1.165, 1.54) is 0 Å². The maximum atomic E-state index is 10.3. The van der Waals surface area contributed by atoms with Gasteiger partial charge in [-0.15, -0.1) is 0 Å². The van der Waals surface area contributed by atoms with Crippen molar-refractivity contribution in [3.63, 3.8) is 0 Å². The number of rotatable bonds is 1. The predicted octanol–water partition coefficient (Wildman–Crippen LogP) is 0.955. The molecule has 0 aromatic carbocycles. The second kappa shape index (κ2) is 1.49. The summed E-state index contributed by atoms with van der Waals surface area (Å²) < 4.78 is 0. The van der Waals surface area contributed by atoms with Crippen LogP contribution >= 0.6 is 0 Å². The summed E-state index contributed by atoms with van der Waals surface area (Å²) >= 11 is 0. The van der Waals surface area contributed by atoms with Crippen LogP contribution in [0.3, 0.4) is 0 Å². The summed E-state index contributed by atoms with van der Waals surface area (Å²) in [6, 6.07) is 0. The van der Waals surface area contributed by atoms with Crippen molar-refractivity contribution in [3.8, 4) is 0 Å². The van der Waals surface area contributed by atoms with E-state index in [1.54, 1.807) is 0 Å². The molecule has 1 atom stereocenters. The first kappa shape index (κ1) is 4.57. The summed E-state index contributed by atoms with van der Waals surface area (Å²) in [6.07, 6.45) is 5.30. The molecule has 0 bridgehead atoms. The van der Waals surface area contributed by atoms with E-state index in [-0.39, 0.29) is 11.7 Å². The molecule has 1 aliphatic carbocycles. The normalized spacial score (nSPS) is 27.6. The number of Topliss-reactive ketones (excluding diaryl/α,β-unsaturated/α-hetero) is 1. The van der Waals surface area contributed by atoms with Gasteiger partial charge in [-0.05, 0) is 6.42 Å². The molecule has 0 heterocycles. The summed E-state index contributed by atoms with van der Waals surface area (Å²) in [5.41, 5.74) is 0. The molecule has 0 aromatic rings. The van der Waals surface area contributed by atoms with Crippen molar-refractivity contribution in [2.75, 3.05) is 0 Å². The van der Waals surface area contributed by atoms with E-state index in [9.17, 15) is 4.79 Å². The molecule has 1 rings (SSSR count). The lowest BCUT2D eigenvalue weighted by Gasteiger charge is -2.10. The molecule has 37 valence electrons. The fourth-order valence-electron chi connectivity index (χ4n) is 0.572. The Morgan fingerprint density at radius 1 is 2.00 bits per heavy atom. The van der Waals surface area contributed by atoms with E-state index in [1.807, 2.05) is 13.0 Å². The molecule has 1 heteroatoms. The second-order valence-electron chi connectivity index (χ2n) is 1.69. The zero-order valence-corrected chi connectivity index (χ0v) is 4.27. The van der Waals surface area contributed by atoms with Gasteiger partial charge in [-0.3, -0.25) is 4.79 Å². The molecular formula is C6H7O. The highest BCUT2D eigenvalue weighted by molar-refractivity contribution is 5.95. The summed E-state index contributed by atoms with van der Waals surface area (Å²) in [5, 5.41) is 0. The van der Waals surface area contributed by atoms with Crippen molar-refractivity contribution < 1.29 is 4.79 Å². The van der Waals surface area contributed by atoms with E-state index in [0.717, 1.165) is 6.42 Å². The van der Waals surface area contributed by atoms with Crippen molar-refractivity contribution in [1.82, 2.24) is 0 Å². The molecule has 1 unspecified atom stereocenters. The first-order valence-corrected chi connectivity index (χ1v) is 2.48. The average molecular weight is 95.1 g/mol. The SMILES string of the molecule is CCC1C=[C]C1=O. The van der Waals surface area contributed by atoms with Crippen LogP contribution in [0.5, 0.6) is 0 Å². The van der Waals surface area contributed by atoms with Gasteiger partial charge in [-0.25, -0.2) is 0 Å². The van der Waals surface area contributed by atoms with E-state index in [4.69, 9.17) is 0 Å². The van der Waals surface area contributed by atoms with Crippen LogP contribution in [0.25, 0.3) is 0 Å². The Bertz CT molecular complexity index is 113. The number of carbonyl (C=O) groups excluding carboxylic acids is 1. The molecule has 0 fully saturated rings. The lowest BCUT2D eigenvalue weighted by Crippen LogP contribution is -2.16. The minimum Gasteiger partial charge on any atom is -0.294 e. The van der Waals surface area contributed by atoms with Crippen LogP contribution in [0.4, 0.5) is 0 Å². The third-order valence-corrected chi connectivity index (χ3v) is 1.20. The van der Waals surface area contributed by atoms with Gasteiger partial charge < -0.3 is 0 Å². The topological polar surface area (TPSA) is 17.1 Å². The number of hydrogen-bond donors (Lipinski definition) is 0. The second-order valence-corrected chi connectivity index (χ2v) is 1.69. The Morgan fingerprint density at radius 2 is 2.71 bits per heavy atom. The van der Waals surface area contributed by atoms with Crippen LogP contribution in [0, 0.1) is 12.0 Å². The summed E-state index contributed by atoms with van der Waals surface area (Å²) in [6.45, 7) is 2.00. The highest BCUT2D eigenvalue weighted by Crippen LogP contribution is 2.13. The Balaban J connectivity index is 2.49. The molecule has 0 spiro atoms. The Morgan fingerprint density at radius 3 is 2.71 bits per heavy atom. The molecule has 1 radical (unpaired) electrons. The van der Waals surface area contributed by atoms with E-state index in [0.29, 0.717) is 0 Å². The molecule has 1 nitrogen and oxygen atoms in total. The van der Waals surface area contributed by atoms with Crippen molar-refractivity contribution in [2.24, 2.45) is 5.92 Å². The van der Waals surface area contributed by atoms with Gasteiger partial charge in [0.25, 0.3) is 0 Å². The average Bonchev–Trinajstić information content (AvgIpc) is 1.65. The van der Waals surface area contributed by atoms with Gasteiger partial charge in [0, 0.05) is 12.0 Å². The van der Waals surface area contributed by atoms with Crippen LogP contribution in [0.2, 0.25) is 0 Å². The van der Waals surface area contributed by atoms with Gasteiger partial charge in [0.05, 0.1) is 0 Å². The third-order valence-electron chi connectivity index (χ3n) is 1.20. The van der Waals surface area contributed by atoms with Crippen LogP contribution in [0.1, 0.15) is 13.3 Å². The van der Waals surface area contributed by atoms with Crippen molar-refractivity contribution in [3.05, 3.63) is 12.2 Å². The van der Waals surface area contributed by atoms with Crippen molar-refractivity contribution in [2.45, 2.75) is 13.3 Å². The predicted molar refractivity (Wildman–Crippen MR) is 26.6 cm³/mol. The Kier molecular flexibility index (Phi) is 0.970. The molecule has 0 aliphatic heterocycles. The van der Waals surface area contributed by atoms with Gasteiger partial charge in [0.1, 0.15) is 0 Å². The standard InChI is InChI=1S/C6H7O/c1-2-5-3-4-6(5)7/h3,5H,2H2,1H3. The largest absolute Gasteiger partial charge is 0.294 e. The maximum absolute atomic E-state index is 10.3. The quantitative estimate of drug-likeness (QED) is 0.474. The summed E-state index contributed by atoms with van der Waals surface area (Å²) in [5.74, 6) is 0.377. The smallest absolute Gasteiger partial charge is 0.170 e. The van der Waals surface area contributed by atoms with Gasteiger partial charge in [-0.1, -0.05) is 13.0 Å². The van der Waals surface area contributed by atoms with Crippen LogP contribution < -0.4 is 0 Å². The molecule has 7 heavy (non-hydrogen) atoms. The number of allylic oxidation sites excluding steroid dienone is 2. The fourth-order valence-corrected chi connectivity index (χ4v) is 0.572. The third kappa shape index (κ3) is 0.581. The zero-order chi connectivity index (χ0) is 5.28. The van der Waals surface area contributed by atoms with E-state index in [2.05, 4.69) is 6.08 Å². The van der Waals surface area contributed by atoms with E-state index < -0.39 is 0 Å². The zero-order valence-electron chi connectivity index (χ0n) is 4.27. The van der Waals surface area contributed by atoms with Gasteiger partial charge in [-0.2, -0.15) is 0 Å². The Hall–Kier alpha value is -0.590. The molecule has 0 saturated carbocycles. The van der Waals surface area contributed by atoms with Gasteiger partial charge in [0.2, 0.25) is 0 Å². The molecule has 1 aliphatic rings. The maximum Gasteiger partial charge on any atom is 0.170 e. The minimum absolute atomic E-state index is 0.169. The molecular weight excluding hydrogens is 88.1 g/mol. The van der Waals surface area contributed by atoms with Crippen molar-refractivity contribution in [1.29, 1.82) is 0 Å². The molecule has 0 amide bonds. The first-order chi connectivity index (χ1) is 3.34. The Labute approximate surface area is 43.0 Å². The van der Waals surface area contributed by atoms with Gasteiger partial charge >= 0.3 is 0 Å². The van der Waals surface area contributed by atoms with E-state index >= 15 is 0 Å². The molecule has 0 saturated heterocycles. The van der Waals surface area contributed by atoms with Crippen molar-refractivity contribution >= 4 is 5.78 Å². The lowest BCUT2D eigenvalue weighted by atomic mass is 9.91. The highest BCUT2D eigenvalue weighted by atomic mass is 16.1. The summed E-state index contributed by atoms with van der Waals surface area (Å²) in [4.78, 5) is 10.3.